The zero-order chi connectivity index (χ0) is 51.1. The number of nitrogens with zero attached hydrogens (tertiary/aromatic N) is 1. The maximum Gasteiger partial charge on any atom is 0.143 e. The van der Waals surface area contributed by atoms with Gasteiger partial charge in [-0.2, -0.15) is 0 Å². The van der Waals surface area contributed by atoms with Crippen LogP contribution in [-0.4, -0.2) is 102 Å². The standard InChI is InChI=1S/C58H52B13NO/c59-44-40(42-48(63)52(67)54(69)53(68)49(42)64)45(60)47(62)41(46(44)61)43-50(65)55(70)57(56(71)51(43)66)72(33-23-20-30(21-24-33)29-18-16-28(17-19-29)27-8-2-1-3-9-27)34-12-6-11-32(26-34)35-14-7-15-38-39(35)37-25-22-31-10-4-5-13-36(31)58(37)73-38/h1-26H,59-71H2. The Balaban J connectivity index is 1.08. The lowest BCUT2D eigenvalue weighted by Gasteiger charge is -2.34. The predicted octanol–water partition coefficient (Wildman–Crippen LogP) is -6.10. The first-order chi connectivity index (χ1) is 35.2. The molecule has 0 spiro atoms. The van der Waals surface area contributed by atoms with E-state index in [4.69, 9.17) is 4.42 Å². The summed E-state index contributed by atoms with van der Waals surface area (Å²) in [5, 5.41) is 4.58. The normalized spacial score (nSPS) is 11.5. The van der Waals surface area contributed by atoms with Gasteiger partial charge in [0.1, 0.15) is 113 Å². The largest absolute Gasteiger partial charge is 0.455 e. The first kappa shape index (κ1) is 48.2. The molecule has 10 aromatic carbocycles. The van der Waals surface area contributed by atoms with Crippen LogP contribution in [0.25, 0.3) is 88.3 Å². The number of fused-ring (bicyclic) bond motifs is 5. The average Bonchev–Trinajstić information content (AvgIpc) is 3.82. The monoisotopic (exact) mass is 922 g/mol. The van der Waals surface area contributed by atoms with Crippen molar-refractivity contribution in [2.75, 3.05) is 4.90 Å². The SMILES string of the molecule is Bc1c(B)c(B)c(-c2c(B)c(B)c(-c3c(B)c(B)c(N(c4ccc(-c5ccc(-c6ccccc6)cc5)cc4)c4cccc(-c5cccc6oc7c8ccccc8ccc7c56)c4)c(B)c3B)c(B)c2B)c(B)c1B. The summed E-state index contributed by atoms with van der Waals surface area (Å²) >= 11 is 0. The summed E-state index contributed by atoms with van der Waals surface area (Å²) in [5.74, 6) is 0. The third kappa shape index (κ3) is 7.85. The second-order valence-electron chi connectivity index (χ2n) is 20.8. The third-order valence-electron chi connectivity index (χ3n) is 17.2. The fraction of sp³-hybridized carbons (Fsp3) is 0. The molecule has 0 unspecified atom stereocenters. The van der Waals surface area contributed by atoms with Crippen LogP contribution >= 0.6 is 0 Å². The van der Waals surface area contributed by atoms with E-state index in [-0.39, 0.29) is 0 Å². The molecule has 0 aliphatic carbocycles. The number of hydrogen-bond donors (Lipinski definition) is 0. The van der Waals surface area contributed by atoms with E-state index in [1.165, 1.54) is 127 Å². The van der Waals surface area contributed by atoms with Gasteiger partial charge >= 0.3 is 0 Å². The summed E-state index contributed by atoms with van der Waals surface area (Å²) < 4.78 is 6.70. The fourth-order valence-electron chi connectivity index (χ4n) is 12.2. The van der Waals surface area contributed by atoms with Crippen molar-refractivity contribution in [2.24, 2.45) is 0 Å². The Morgan fingerprint density at radius 2 is 0.740 bits per heavy atom. The number of benzene rings is 10. The first-order valence-corrected chi connectivity index (χ1v) is 25.9. The van der Waals surface area contributed by atoms with E-state index >= 15 is 0 Å². The highest BCUT2D eigenvalue weighted by Crippen LogP contribution is 2.42. The smallest absolute Gasteiger partial charge is 0.143 e. The van der Waals surface area contributed by atoms with Gasteiger partial charge < -0.3 is 9.32 Å². The Bertz CT molecular complexity index is 3980. The maximum absolute atomic E-state index is 6.70. The molecule has 15 heteroatoms. The molecule has 11 aromatic rings. The van der Waals surface area contributed by atoms with E-state index in [0.717, 1.165) is 49.8 Å². The highest BCUT2D eigenvalue weighted by atomic mass is 16.3. The number of rotatable bonds is 8. The number of hydrogen-bond acceptors (Lipinski definition) is 2. The van der Waals surface area contributed by atoms with Gasteiger partial charge in [-0.25, -0.2) is 0 Å². The van der Waals surface area contributed by atoms with Crippen molar-refractivity contribution >= 4 is 223 Å². The maximum atomic E-state index is 6.70. The van der Waals surface area contributed by atoms with Crippen molar-refractivity contribution in [1.29, 1.82) is 0 Å². The summed E-state index contributed by atoms with van der Waals surface area (Å²) in [6, 6.07) is 57.3. The molecule has 0 atom stereocenters. The number of anilines is 3. The molecule has 73 heavy (non-hydrogen) atoms. The lowest BCUT2D eigenvalue weighted by atomic mass is 9.55. The molecule has 11 rings (SSSR count). The van der Waals surface area contributed by atoms with Crippen LogP contribution in [0.1, 0.15) is 0 Å². The summed E-state index contributed by atoms with van der Waals surface area (Å²) in [6.07, 6.45) is 0. The Morgan fingerprint density at radius 1 is 0.301 bits per heavy atom. The highest BCUT2D eigenvalue weighted by Gasteiger charge is 2.27. The van der Waals surface area contributed by atoms with Crippen molar-refractivity contribution in [1.82, 2.24) is 0 Å². The fourth-order valence-corrected chi connectivity index (χ4v) is 12.2. The quantitative estimate of drug-likeness (QED) is 0.142. The number of furan rings is 1. The molecule has 0 N–H and O–H groups in total. The van der Waals surface area contributed by atoms with Crippen molar-refractivity contribution in [3.05, 3.63) is 158 Å². The summed E-state index contributed by atoms with van der Waals surface area (Å²) in [7, 11) is 30.3. The van der Waals surface area contributed by atoms with Crippen LogP contribution in [0.5, 0.6) is 0 Å². The van der Waals surface area contributed by atoms with Crippen LogP contribution < -0.4 is 75.9 Å². The van der Waals surface area contributed by atoms with Gasteiger partial charge in [0.25, 0.3) is 0 Å². The predicted molar refractivity (Wildman–Crippen MR) is 359 cm³/mol. The Kier molecular flexibility index (Phi) is 12.4. The second kappa shape index (κ2) is 18.7. The van der Waals surface area contributed by atoms with Gasteiger partial charge in [0.05, 0.1) is 0 Å². The molecular formula is C58H52B13NO. The second-order valence-corrected chi connectivity index (χ2v) is 20.8. The van der Waals surface area contributed by atoms with Gasteiger partial charge in [-0.15, -0.1) is 16.4 Å². The van der Waals surface area contributed by atoms with Gasteiger partial charge in [0.2, 0.25) is 0 Å². The van der Waals surface area contributed by atoms with Crippen LogP contribution in [-0.2, 0) is 0 Å². The van der Waals surface area contributed by atoms with Crippen LogP contribution in [0, 0.1) is 0 Å². The van der Waals surface area contributed by atoms with Crippen molar-refractivity contribution < 1.29 is 4.42 Å². The minimum absolute atomic E-state index is 0.894. The van der Waals surface area contributed by atoms with E-state index in [9.17, 15) is 0 Å². The molecule has 334 valence electrons. The van der Waals surface area contributed by atoms with E-state index in [1.54, 1.807) is 0 Å². The molecule has 0 amide bonds. The Morgan fingerprint density at radius 3 is 1.30 bits per heavy atom. The molecule has 0 saturated carbocycles. The summed E-state index contributed by atoms with van der Waals surface area (Å²) in [4.78, 5) is 2.51. The van der Waals surface area contributed by atoms with E-state index in [2.05, 4.69) is 265 Å². The van der Waals surface area contributed by atoms with Crippen molar-refractivity contribution in [3.8, 4) is 55.6 Å². The van der Waals surface area contributed by atoms with E-state index in [1.807, 2.05) is 0 Å². The van der Waals surface area contributed by atoms with Crippen molar-refractivity contribution in [3.63, 3.8) is 0 Å². The van der Waals surface area contributed by atoms with Crippen LogP contribution in [0.15, 0.2) is 162 Å². The Labute approximate surface area is 442 Å². The zero-order valence-electron chi connectivity index (χ0n) is 44.9. The zero-order valence-corrected chi connectivity index (χ0v) is 44.9. The minimum Gasteiger partial charge on any atom is -0.455 e. The molecule has 0 saturated heterocycles. The topological polar surface area (TPSA) is 16.4 Å². The molecular weight excluding hydrogens is 867 g/mol. The lowest BCUT2D eigenvalue weighted by molar-refractivity contribution is 0.673. The molecule has 0 fully saturated rings. The lowest BCUT2D eigenvalue weighted by Crippen LogP contribution is -2.57. The molecule has 0 radical (unpaired) electrons. The molecule has 0 bridgehead atoms. The molecule has 0 aliphatic heterocycles. The molecule has 1 heterocycles. The average molecular weight is 920 g/mol. The summed E-state index contributed by atoms with van der Waals surface area (Å²) in [6.45, 7) is 0. The van der Waals surface area contributed by atoms with Gasteiger partial charge in [-0.1, -0.05) is 176 Å². The minimum atomic E-state index is 0.894. The summed E-state index contributed by atoms with van der Waals surface area (Å²) in [5.41, 5.74) is 35.5. The van der Waals surface area contributed by atoms with Gasteiger partial charge in [0, 0.05) is 33.2 Å². The van der Waals surface area contributed by atoms with Crippen LogP contribution in [0.2, 0.25) is 0 Å². The highest BCUT2D eigenvalue weighted by molar-refractivity contribution is 6.72. The van der Waals surface area contributed by atoms with Gasteiger partial charge in [0.15, 0.2) is 0 Å². The molecule has 2 nitrogen and oxygen atoms in total. The molecule has 0 aliphatic rings. The van der Waals surface area contributed by atoms with Crippen LogP contribution in [0.3, 0.4) is 0 Å². The third-order valence-corrected chi connectivity index (χ3v) is 17.2. The van der Waals surface area contributed by atoms with E-state index < -0.39 is 0 Å². The van der Waals surface area contributed by atoms with Crippen LogP contribution in [0.4, 0.5) is 17.1 Å². The Hall–Kier alpha value is -7.10. The van der Waals surface area contributed by atoms with Gasteiger partial charge in [-0.3, -0.25) is 0 Å². The first-order valence-electron chi connectivity index (χ1n) is 25.9. The van der Waals surface area contributed by atoms with Gasteiger partial charge in [-0.05, 0) is 97.4 Å². The van der Waals surface area contributed by atoms with Crippen molar-refractivity contribution in [2.45, 2.75) is 0 Å². The van der Waals surface area contributed by atoms with E-state index in [0.29, 0.717) is 0 Å². The molecule has 1 aromatic heterocycles.